The Morgan fingerprint density at radius 2 is 2.00 bits per heavy atom. The lowest BCUT2D eigenvalue weighted by atomic mass is 10.1. The van der Waals surface area contributed by atoms with Crippen LogP contribution in [0.4, 0.5) is 0 Å². The van der Waals surface area contributed by atoms with Crippen LogP contribution >= 0.6 is 0 Å². The molecule has 3 heteroatoms. The van der Waals surface area contributed by atoms with Gasteiger partial charge in [0, 0.05) is 23.5 Å². The molecule has 0 aliphatic heterocycles. The minimum absolute atomic E-state index is 0.163. The standard InChI is InChI=1S/C17H17NO2/c1-12(13-5-4-6-15(19)9-13)18-10-14-11-20-17-8-3-2-7-16(14)17/h2-9,11-12,18-19H,10H2,1H3. The molecule has 0 saturated heterocycles. The molecule has 0 aliphatic rings. The maximum atomic E-state index is 9.51. The maximum Gasteiger partial charge on any atom is 0.134 e. The second kappa shape index (κ2) is 5.39. The Labute approximate surface area is 117 Å². The molecule has 3 nitrogen and oxygen atoms in total. The molecule has 0 amide bonds. The van der Waals surface area contributed by atoms with Gasteiger partial charge in [0.1, 0.15) is 11.3 Å². The van der Waals surface area contributed by atoms with Crippen molar-refractivity contribution in [2.24, 2.45) is 0 Å². The maximum absolute atomic E-state index is 9.51. The van der Waals surface area contributed by atoms with Crippen LogP contribution in [-0.2, 0) is 6.54 Å². The van der Waals surface area contributed by atoms with Crippen molar-refractivity contribution in [2.45, 2.75) is 19.5 Å². The zero-order valence-electron chi connectivity index (χ0n) is 11.3. The smallest absolute Gasteiger partial charge is 0.134 e. The van der Waals surface area contributed by atoms with E-state index in [-0.39, 0.29) is 6.04 Å². The summed E-state index contributed by atoms with van der Waals surface area (Å²) in [5.74, 6) is 0.296. The number of furan rings is 1. The summed E-state index contributed by atoms with van der Waals surface area (Å²) in [4.78, 5) is 0. The van der Waals surface area contributed by atoms with Crippen LogP contribution in [0, 0.1) is 0 Å². The SMILES string of the molecule is CC(NCc1coc2ccccc12)c1cccc(O)c1. The van der Waals surface area contributed by atoms with E-state index in [1.165, 1.54) is 0 Å². The van der Waals surface area contributed by atoms with Crippen molar-refractivity contribution < 1.29 is 9.52 Å². The average molecular weight is 267 g/mol. The molecule has 3 aromatic rings. The molecule has 2 aromatic carbocycles. The van der Waals surface area contributed by atoms with Crippen LogP contribution in [0.3, 0.4) is 0 Å². The lowest BCUT2D eigenvalue weighted by Crippen LogP contribution is -2.17. The third-order valence-electron chi connectivity index (χ3n) is 3.53. The number of para-hydroxylation sites is 1. The molecule has 0 saturated carbocycles. The van der Waals surface area contributed by atoms with Crippen LogP contribution in [0.15, 0.2) is 59.2 Å². The summed E-state index contributed by atoms with van der Waals surface area (Å²) in [6.45, 7) is 2.81. The summed E-state index contributed by atoms with van der Waals surface area (Å²) < 4.78 is 5.53. The zero-order valence-corrected chi connectivity index (χ0v) is 11.3. The van der Waals surface area contributed by atoms with Gasteiger partial charge >= 0.3 is 0 Å². The summed E-state index contributed by atoms with van der Waals surface area (Å²) >= 11 is 0. The third kappa shape index (κ3) is 2.53. The fourth-order valence-corrected chi connectivity index (χ4v) is 2.34. The number of hydrogen-bond donors (Lipinski definition) is 2. The topological polar surface area (TPSA) is 45.4 Å². The summed E-state index contributed by atoms with van der Waals surface area (Å²) in [5, 5.41) is 14.1. The quantitative estimate of drug-likeness (QED) is 0.751. The van der Waals surface area contributed by atoms with E-state index in [0.717, 1.165) is 28.6 Å². The largest absolute Gasteiger partial charge is 0.508 e. The van der Waals surface area contributed by atoms with E-state index in [9.17, 15) is 5.11 Å². The van der Waals surface area contributed by atoms with Gasteiger partial charge in [0.15, 0.2) is 0 Å². The lowest BCUT2D eigenvalue weighted by Gasteiger charge is -2.14. The highest BCUT2D eigenvalue weighted by atomic mass is 16.3. The van der Waals surface area contributed by atoms with Gasteiger partial charge in [-0.05, 0) is 30.7 Å². The number of benzene rings is 2. The van der Waals surface area contributed by atoms with Crippen molar-refractivity contribution in [3.8, 4) is 5.75 Å². The summed E-state index contributed by atoms with van der Waals surface area (Å²) in [7, 11) is 0. The Morgan fingerprint density at radius 3 is 2.85 bits per heavy atom. The molecule has 20 heavy (non-hydrogen) atoms. The fraction of sp³-hybridized carbons (Fsp3) is 0.176. The number of phenols is 1. The summed E-state index contributed by atoms with van der Waals surface area (Å²) in [6.07, 6.45) is 1.80. The lowest BCUT2D eigenvalue weighted by molar-refractivity contribution is 0.472. The molecule has 0 bridgehead atoms. The van der Waals surface area contributed by atoms with Gasteiger partial charge in [0.05, 0.1) is 6.26 Å². The van der Waals surface area contributed by atoms with Crippen LogP contribution in [0.25, 0.3) is 11.0 Å². The first kappa shape index (κ1) is 12.8. The molecule has 0 fully saturated rings. The zero-order chi connectivity index (χ0) is 13.9. The molecule has 1 aromatic heterocycles. The van der Waals surface area contributed by atoms with Gasteiger partial charge in [-0.1, -0.05) is 30.3 Å². The van der Waals surface area contributed by atoms with Gasteiger partial charge in [-0.15, -0.1) is 0 Å². The minimum Gasteiger partial charge on any atom is -0.508 e. The van der Waals surface area contributed by atoms with E-state index >= 15 is 0 Å². The summed E-state index contributed by atoms with van der Waals surface area (Å²) in [6, 6.07) is 15.5. The Hall–Kier alpha value is -2.26. The average Bonchev–Trinajstić information content (AvgIpc) is 2.88. The molecule has 0 spiro atoms. The Bertz CT molecular complexity index is 718. The minimum atomic E-state index is 0.163. The highest BCUT2D eigenvalue weighted by Crippen LogP contribution is 2.22. The molecule has 1 unspecified atom stereocenters. The predicted octanol–water partition coefficient (Wildman–Crippen LogP) is 3.99. The number of nitrogens with one attached hydrogen (secondary N) is 1. The van der Waals surface area contributed by atoms with Gasteiger partial charge in [-0.25, -0.2) is 0 Å². The first-order valence-electron chi connectivity index (χ1n) is 6.71. The fourth-order valence-electron chi connectivity index (χ4n) is 2.34. The van der Waals surface area contributed by atoms with E-state index in [1.54, 1.807) is 18.4 Å². The van der Waals surface area contributed by atoms with Gasteiger partial charge in [-0.2, -0.15) is 0 Å². The van der Waals surface area contributed by atoms with Gasteiger partial charge in [0.25, 0.3) is 0 Å². The van der Waals surface area contributed by atoms with Crippen LogP contribution in [0.1, 0.15) is 24.1 Å². The number of hydrogen-bond acceptors (Lipinski definition) is 3. The molecule has 3 rings (SSSR count). The molecule has 0 radical (unpaired) electrons. The van der Waals surface area contributed by atoms with Crippen LogP contribution in [0.5, 0.6) is 5.75 Å². The third-order valence-corrected chi connectivity index (χ3v) is 3.53. The summed E-state index contributed by atoms with van der Waals surface area (Å²) in [5.41, 5.74) is 3.12. The van der Waals surface area contributed by atoms with E-state index in [2.05, 4.69) is 18.3 Å². The highest BCUT2D eigenvalue weighted by molar-refractivity contribution is 5.80. The number of fused-ring (bicyclic) bond motifs is 1. The number of aromatic hydroxyl groups is 1. The molecule has 102 valence electrons. The van der Waals surface area contributed by atoms with Crippen LogP contribution in [0.2, 0.25) is 0 Å². The van der Waals surface area contributed by atoms with Crippen molar-refractivity contribution in [1.29, 1.82) is 0 Å². The number of rotatable bonds is 4. The second-order valence-corrected chi connectivity index (χ2v) is 4.95. The Morgan fingerprint density at radius 1 is 1.15 bits per heavy atom. The van der Waals surface area contributed by atoms with Crippen molar-refractivity contribution in [3.05, 3.63) is 65.9 Å². The van der Waals surface area contributed by atoms with E-state index in [4.69, 9.17) is 4.42 Å². The van der Waals surface area contributed by atoms with E-state index < -0.39 is 0 Å². The number of phenolic OH excluding ortho intramolecular Hbond substituents is 1. The van der Waals surface area contributed by atoms with Crippen LogP contribution in [-0.4, -0.2) is 5.11 Å². The first-order valence-corrected chi connectivity index (χ1v) is 6.71. The molecule has 0 aliphatic carbocycles. The monoisotopic (exact) mass is 267 g/mol. The second-order valence-electron chi connectivity index (χ2n) is 4.95. The molecule has 2 N–H and O–H groups in total. The molecular formula is C17H17NO2. The van der Waals surface area contributed by atoms with E-state index in [1.807, 2.05) is 30.3 Å². The van der Waals surface area contributed by atoms with Gasteiger partial charge in [-0.3, -0.25) is 0 Å². The van der Waals surface area contributed by atoms with Crippen molar-refractivity contribution in [2.75, 3.05) is 0 Å². The molecule has 1 heterocycles. The van der Waals surface area contributed by atoms with Crippen LogP contribution < -0.4 is 5.32 Å². The van der Waals surface area contributed by atoms with Crippen molar-refractivity contribution in [1.82, 2.24) is 5.32 Å². The highest BCUT2D eigenvalue weighted by Gasteiger charge is 2.08. The van der Waals surface area contributed by atoms with Crippen molar-refractivity contribution in [3.63, 3.8) is 0 Å². The normalized spacial score (nSPS) is 12.7. The molecular weight excluding hydrogens is 250 g/mol. The predicted molar refractivity (Wildman–Crippen MR) is 79.6 cm³/mol. The van der Waals surface area contributed by atoms with E-state index in [0.29, 0.717) is 5.75 Å². The van der Waals surface area contributed by atoms with Gasteiger partial charge in [0.2, 0.25) is 0 Å². The van der Waals surface area contributed by atoms with Crippen molar-refractivity contribution >= 4 is 11.0 Å². The Balaban J connectivity index is 1.73. The first-order chi connectivity index (χ1) is 9.74. The molecule has 1 atom stereocenters. The van der Waals surface area contributed by atoms with Gasteiger partial charge < -0.3 is 14.8 Å². The Kier molecular flexibility index (Phi) is 3.44.